The average molecular weight is 272 g/mol. The van der Waals surface area contributed by atoms with Crippen molar-refractivity contribution in [3.63, 3.8) is 0 Å². The predicted octanol–water partition coefficient (Wildman–Crippen LogP) is 0.165. The number of carbonyl (C=O) groups excluding carboxylic acids is 2. The predicted molar refractivity (Wildman–Crippen MR) is 70.7 cm³/mol. The van der Waals surface area contributed by atoms with Gasteiger partial charge >= 0.3 is 5.97 Å². The van der Waals surface area contributed by atoms with E-state index in [9.17, 15) is 9.59 Å². The number of rotatable bonds is 6. The summed E-state index contributed by atoms with van der Waals surface area (Å²) < 4.78 is 10.3. The largest absolute Gasteiger partial charge is 0.467 e. The molecule has 0 aromatic carbocycles. The zero-order valence-electron chi connectivity index (χ0n) is 12.0. The van der Waals surface area contributed by atoms with Gasteiger partial charge in [-0.15, -0.1) is 0 Å². The number of amides is 1. The van der Waals surface area contributed by atoms with Gasteiger partial charge in [-0.2, -0.15) is 0 Å². The number of nitrogens with one attached hydrogen (secondary N) is 1. The smallest absolute Gasteiger partial charge is 0.329 e. The van der Waals surface area contributed by atoms with Crippen LogP contribution in [0.25, 0.3) is 0 Å². The van der Waals surface area contributed by atoms with Crippen LogP contribution in [0.15, 0.2) is 0 Å². The molecule has 0 aliphatic carbocycles. The number of carbonyl (C=O) groups is 2. The van der Waals surface area contributed by atoms with Gasteiger partial charge in [0.2, 0.25) is 5.91 Å². The van der Waals surface area contributed by atoms with Gasteiger partial charge in [-0.25, -0.2) is 4.79 Å². The normalized spacial score (nSPS) is 21.7. The highest BCUT2D eigenvalue weighted by atomic mass is 16.5. The van der Waals surface area contributed by atoms with Crippen molar-refractivity contribution in [1.29, 1.82) is 0 Å². The molecule has 0 saturated carbocycles. The lowest BCUT2D eigenvalue weighted by molar-refractivity contribution is -0.145. The van der Waals surface area contributed by atoms with E-state index in [2.05, 4.69) is 10.2 Å². The summed E-state index contributed by atoms with van der Waals surface area (Å²) in [4.78, 5) is 24.9. The van der Waals surface area contributed by atoms with Crippen LogP contribution in [0, 0.1) is 0 Å². The van der Waals surface area contributed by atoms with E-state index in [1.165, 1.54) is 14.0 Å². The van der Waals surface area contributed by atoms with Crippen molar-refractivity contribution in [2.75, 3.05) is 33.4 Å². The Labute approximate surface area is 114 Å². The van der Waals surface area contributed by atoms with Crippen LogP contribution in [0.4, 0.5) is 0 Å². The Morgan fingerprint density at radius 1 is 1.47 bits per heavy atom. The van der Waals surface area contributed by atoms with Gasteiger partial charge in [-0.3, -0.25) is 9.69 Å². The molecule has 1 rings (SSSR count). The molecule has 1 saturated heterocycles. The Hall–Kier alpha value is -1.14. The van der Waals surface area contributed by atoms with Crippen LogP contribution >= 0.6 is 0 Å². The Morgan fingerprint density at radius 2 is 2.21 bits per heavy atom. The minimum absolute atomic E-state index is 0.217. The molecular weight excluding hydrogens is 248 g/mol. The number of ether oxygens (including phenoxy) is 2. The number of piperidine rings is 1. The van der Waals surface area contributed by atoms with E-state index in [4.69, 9.17) is 9.47 Å². The molecule has 1 fully saturated rings. The van der Waals surface area contributed by atoms with Crippen LogP contribution in [0.2, 0.25) is 0 Å². The van der Waals surface area contributed by atoms with Crippen LogP contribution in [-0.2, 0) is 19.1 Å². The van der Waals surface area contributed by atoms with Gasteiger partial charge in [-0.05, 0) is 26.3 Å². The number of hydrogen-bond acceptors (Lipinski definition) is 5. The Balaban J connectivity index is 2.52. The molecule has 0 aromatic rings. The molecule has 1 heterocycles. The second-order valence-corrected chi connectivity index (χ2v) is 4.76. The number of hydrogen-bond donors (Lipinski definition) is 1. The van der Waals surface area contributed by atoms with Gasteiger partial charge in [0.1, 0.15) is 6.04 Å². The van der Waals surface area contributed by atoms with Crippen molar-refractivity contribution in [1.82, 2.24) is 10.2 Å². The summed E-state index contributed by atoms with van der Waals surface area (Å²) in [7, 11) is 1.33. The number of nitrogens with zero attached hydrogens (tertiary/aromatic N) is 1. The highest BCUT2D eigenvalue weighted by Gasteiger charge is 2.27. The summed E-state index contributed by atoms with van der Waals surface area (Å²) in [6.45, 7) is 6.25. The molecule has 1 amide bonds. The van der Waals surface area contributed by atoms with Gasteiger partial charge in [0.05, 0.1) is 13.2 Å². The molecule has 19 heavy (non-hydrogen) atoms. The van der Waals surface area contributed by atoms with Crippen molar-refractivity contribution in [2.24, 2.45) is 0 Å². The molecule has 0 spiro atoms. The van der Waals surface area contributed by atoms with Crippen LogP contribution in [-0.4, -0.2) is 62.3 Å². The standard InChI is InChI=1S/C13H24N2O4/c1-4-19-11-6-5-7-15(8-11)9-12(13(17)18-3)14-10(2)16/h11-12H,4-9H2,1-3H3,(H,14,16). The monoisotopic (exact) mass is 272 g/mol. The summed E-state index contributed by atoms with van der Waals surface area (Å²) in [5.41, 5.74) is 0. The molecule has 2 atom stereocenters. The van der Waals surface area contributed by atoms with E-state index in [1.54, 1.807) is 0 Å². The maximum atomic E-state index is 11.6. The van der Waals surface area contributed by atoms with E-state index in [1.807, 2.05) is 6.92 Å². The first-order chi connectivity index (χ1) is 9.06. The first-order valence-corrected chi connectivity index (χ1v) is 6.75. The van der Waals surface area contributed by atoms with E-state index < -0.39 is 12.0 Å². The molecule has 0 radical (unpaired) electrons. The third-order valence-electron chi connectivity index (χ3n) is 3.17. The first-order valence-electron chi connectivity index (χ1n) is 6.75. The van der Waals surface area contributed by atoms with Crippen LogP contribution in [0.1, 0.15) is 26.7 Å². The van der Waals surface area contributed by atoms with Gasteiger partial charge in [0.25, 0.3) is 0 Å². The fraction of sp³-hybridized carbons (Fsp3) is 0.846. The van der Waals surface area contributed by atoms with Crippen molar-refractivity contribution in [2.45, 2.75) is 38.8 Å². The number of methoxy groups -OCH3 is 1. The van der Waals surface area contributed by atoms with Crippen molar-refractivity contribution in [3.8, 4) is 0 Å². The first kappa shape index (κ1) is 15.9. The Morgan fingerprint density at radius 3 is 2.79 bits per heavy atom. The Kier molecular flexibility index (Phi) is 6.80. The van der Waals surface area contributed by atoms with Crippen LogP contribution in [0.5, 0.6) is 0 Å². The van der Waals surface area contributed by atoms with E-state index >= 15 is 0 Å². The van der Waals surface area contributed by atoms with Crippen LogP contribution < -0.4 is 5.32 Å². The lowest BCUT2D eigenvalue weighted by Crippen LogP contribution is -2.51. The summed E-state index contributed by atoms with van der Waals surface area (Å²) >= 11 is 0. The molecule has 1 aliphatic rings. The molecule has 6 nitrogen and oxygen atoms in total. The SMILES string of the molecule is CCOC1CCCN(CC(NC(C)=O)C(=O)OC)C1. The van der Waals surface area contributed by atoms with Crippen molar-refractivity contribution in [3.05, 3.63) is 0 Å². The summed E-state index contributed by atoms with van der Waals surface area (Å²) in [6.07, 6.45) is 2.31. The summed E-state index contributed by atoms with van der Waals surface area (Å²) in [5, 5.41) is 2.63. The Bertz CT molecular complexity index is 307. The third-order valence-corrected chi connectivity index (χ3v) is 3.17. The fourth-order valence-corrected chi connectivity index (χ4v) is 2.38. The molecule has 0 bridgehead atoms. The lowest BCUT2D eigenvalue weighted by atomic mass is 10.1. The lowest BCUT2D eigenvalue weighted by Gasteiger charge is -2.34. The maximum absolute atomic E-state index is 11.6. The summed E-state index contributed by atoms with van der Waals surface area (Å²) in [5.74, 6) is -0.637. The second kappa shape index (κ2) is 8.12. The fourth-order valence-electron chi connectivity index (χ4n) is 2.38. The van der Waals surface area contributed by atoms with E-state index in [0.29, 0.717) is 13.2 Å². The maximum Gasteiger partial charge on any atom is 0.329 e. The summed E-state index contributed by atoms with van der Waals surface area (Å²) in [6, 6.07) is -0.608. The van der Waals surface area contributed by atoms with Crippen LogP contribution in [0.3, 0.4) is 0 Å². The van der Waals surface area contributed by atoms with E-state index in [-0.39, 0.29) is 12.0 Å². The molecule has 1 N–H and O–H groups in total. The molecular formula is C13H24N2O4. The zero-order chi connectivity index (χ0) is 14.3. The van der Waals surface area contributed by atoms with Gasteiger partial charge in [-0.1, -0.05) is 0 Å². The molecule has 1 aliphatic heterocycles. The minimum Gasteiger partial charge on any atom is -0.467 e. The highest BCUT2D eigenvalue weighted by molar-refractivity contribution is 5.83. The molecule has 2 unspecified atom stereocenters. The third kappa shape index (κ3) is 5.57. The average Bonchev–Trinajstić information content (AvgIpc) is 2.37. The van der Waals surface area contributed by atoms with Gasteiger partial charge in [0, 0.05) is 26.6 Å². The molecule has 110 valence electrons. The van der Waals surface area contributed by atoms with Gasteiger partial charge in [0.15, 0.2) is 0 Å². The van der Waals surface area contributed by atoms with E-state index in [0.717, 1.165) is 25.9 Å². The quantitative estimate of drug-likeness (QED) is 0.698. The second-order valence-electron chi connectivity index (χ2n) is 4.76. The number of likely N-dealkylation sites (tertiary alicyclic amines) is 1. The van der Waals surface area contributed by atoms with Gasteiger partial charge < -0.3 is 14.8 Å². The number of esters is 1. The van der Waals surface area contributed by atoms with Crippen molar-refractivity contribution < 1.29 is 19.1 Å². The zero-order valence-corrected chi connectivity index (χ0v) is 12.0. The molecule has 0 aromatic heterocycles. The minimum atomic E-state index is -0.608. The molecule has 6 heteroatoms. The van der Waals surface area contributed by atoms with Crippen molar-refractivity contribution >= 4 is 11.9 Å². The highest BCUT2D eigenvalue weighted by Crippen LogP contribution is 2.13. The topological polar surface area (TPSA) is 67.9 Å².